The maximum atomic E-state index is 11.2. The largest absolute Gasteiger partial charge is 1.00 e. The molecule has 0 unspecified atom stereocenters. The Bertz CT molecular complexity index is 440. The van der Waals surface area contributed by atoms with Crippen molar-refractivity contribution in [2.75, 3.05) is 5.75 Å². The van der Waals surface area contributed by atoms with Crippen LogP contribution in [-0.2, 0) is 10.1 Å². The minimum absolute atomic E-state index is 0. The molecule has 0 aliphatic heterocycles. The van der Waals surface area contributed by atoms with Crippen LogP contribution < -0.4 is 29.6 Å². The van der Waals surface area contributed by atoms with E-state index in [1.54, 1.807) is 12.1 Å². The summed E-state index contributed by atoms with van der Waals surface area (Å²) in [6, 6.07) is 6.21. The summed E-state index contributed by atoms with van der Waals surface area (Å²) in [6.07, 6.45) is 0. The van der Waals surface area contributed by atoms with E-state index < -0.39 is 21.7 Å². The van der Waals surface area contributed by atoms with Gasteiger partial charge >= 0.3 is 29.6 Å². The van der Waals surface area contributed by atoms with Gasteiger partial charge in [-0.15, -0.1) is 0 Å². The second-order valence-corrected chi connectivity index (χ2v) is 5.02. The van der Waals surface area contributed by atoms with E-state index in [9.17, 15) is 13.2 Å². The molecule has 0 spiro atoms. The third-order valence-corrected chi connectivity index (χ3v) is 2.64. The SMILES string of the molecule is O=C(CS(=O)(=O)O)c1ccc(Br)cc1.[Na+]. The molecule has 1 aromatic rings. The molecule has 0 heterocycles. The third-order valence-electron chi connectivity index (χ3n) is 1.48. The van der Waals surface area contributed by atoms with Gasteiger partial charge in [0.2, 0.25) is 0 Å². The molecule has 0 bridgehead atoms. The number of Topliss-reactive ketones (excluding diaryl/α,β-unsaturated/α-hetero) is 1. The zero-order valence-corrected chi connectivity index (χ0v) is 12.4. The Kier molecular flexibility index (Phi) is 6.24. The summed E-state index contributed by atoms with van der Waals surface area (Å²) in [5.41, 5.74) is 0.255. The van der Waals surface area contributed by atoms with Crippen molar-refractivity contribution in [2.45, 2.75) is 0 Å². The van der Waals surface area contributed by atoms with Crippen LogP contribution in [0, 0.1) is 0 Å². The molecule has 0 aliphatic carbocycles. The maximum absolute atomic E-state index is 11.2. The standard InChI is InChI=1S/C8H7BrO4S.Na/c9-7-3-1-6(2-4-7)8(10)5-14(11,12)13;/h1-4H,5H2,(H,11,12,13);/q;+1. The Balaban J connectivity index is 0.00000196. The summed E-state index contributed by atoms with van der Waals surface area (Å²) in [6.45, 7) is 0. The number of halogens is 1. The van der Waals surface area contributed by atoms with Gasteiger partial charge in [-0.1, -0.05) is 28.1 Å². The second-order valence-electron chi connectivity index (χ2n) is 2.66. The molecule has 76 valence electrons. The normalized spacial score (nSPS) is 10.5. The molecule has 0 saturated carbocycles. The van der Waals surface area contributed by atoms with Gasteiger partial charge in [-0.05, 0) is 12.1 Å². The van der Waals surface area contributed by atoms with Gasteiger partial charge in [0.15, 0.2) is 5.78 Å². The fourth-order valence-electron chi connectivity index (χ4n) is 0.885. The van der Waals surface area contributed by atoms with Crippen LogP contribution in [0.3, 0.4) is 0 Å². The Morgan fingerprint density at radius 3 is 2.13 bits per heavy atom. The van der Waals surface area contributed by atoms with Crippen LogP contribution in [0.25, 0.3) is 0 Å². The van der Waals surface area contributed by atoms with Gasteiger partial charge in [0.1, 0.15) is 5.75 Å². The predicted molar refractivity (Wildman–Crippen MR) is 54.9 cm³/mol. The van der Waals surface area contributed by atoms with Gasteiger partial charge in [0.25, 0.3) is 10.1 Å². The summed E-state index contributed by atoms with van der Waals surface area (Å²) in [4.78, 5) is 11.2. The van der Waals surface area contributed by atoms with E-state index in [0.717, 1.165) is 4.47 Å². The Morgan fingerprint density at radius 1 is 1.27 bits per heavy atom. The van der Waals surface area contributed by atoms with Crippen molar-refractivity contribution < 1.29 is 47.3 Å². The maximum Gasteiger partial charge on any atom is 1.00 e. The van der Waals surface area contributed by atoms with Gasteiger partial charge in [0, 0.05) is 10.0 Å². The molecule has 15 heavy (non-hydrogen) atoms. The topological polar surface area (TPSA) is 71.4 Å². The van der Waals surface area contributed by atoms with Gasteiger partial charge in [-0.25, -0.2) is 0 Å². The molecule has 1 N–H and O–H groups in total. The molecule has 7 heteroatoms. The van der Waals surface area contributed by atoms with Crippen LogP contribution in [0.4, 0.5) is 0 Å². The van der Waals surface area contributed by atoms with Crippen LogP contribution in [0.2, 0.25) is 0 Å². The van der Waals surface area contributed by atoms with Gasteiger partial charge in [-0.2, -0.15) is 8.42 Å². The van der Waals surface area contributed by atoms with Gasteiger partial charge < -0.3 is 0 Å². The fraction of sp³-hybridized carbons (Fsp3) is 0.125. The molecular formula is C8H7BrNaO4S+. The van der Waals surface area contributed by atoms with E-state index in [1.807, 2.05) is 0 Å². The Labute approximate surface area is 118 Å². The van der Waals surface area contributed by atoms with Crippen LogP contribution in [0.5, 0.6) is 0 Å². The first kappa shape index (κ1) is 15.3. The number of hydrogen-bond acceptors (Lipinski definition) is 3. The molecule has 0 atom stereocenters. The molecule has 0 aromatic heterocycles. The summed E-state index contributed by atoms with van der Waals surface area (Å²) < 4.78 is 30.1. The van der Waals surface area contributed by atoms with Crippen molar-refractivity contribution in [3.05, 3.63) is 34.3 Å². The molecule has 0 radical (unpaired) electrons. The average Bonchev–Trinajstić information content (AvgIpc) is 2.02. The molecule has 4 nitrogen and oxygen atoms in total. The first-order valence-electron chi connectivity index (χ1n) is 3.62. The van der Waals surface area contributed by atoms with Crippen LogP contribution in [0.15, 0.2) is 28.7 Å². The van der Waals surface area contributed by atoms with E-state index in [0.29, 0.717) is 0 Å². The molecular weight excluding hydrogens is 295 g/mol. The number of carbonyl (C=O) groups excluding carboxylic acids is 1. The number of ketones is 1. The summed E-state index contributed by atoms with van der Waals surface area (Å²) in [7, 11) is -4.24. The number of carbonyl (C=O) groups is 1. The quantitative estimate of drug-likeness (QED) is 0.420. The fourth-order valence-corrected chi connectivity index (χ4v) is 1.65. The number of rotatable bonds is 3. The molecule has 1 rings (SSSR count). The van der Waals surface area contributed by atoms with Crippen molar-refractivity contribution >= 4 is 31.8 Å². The summed E-state index contributed by atoms with van der Waals surface area (Å²) >= 11 is 3.18. The van der Waals surface area contributed by atoms with Crippen LogP contribution in [-0.4, -0.2) is 24.5 Å². The summed E-state index contributed by atoms with van der Waals surface area (Å²) in [5, 5.41) is 0. The van der Waals surface area contributed by atoms with E-state index in [-0.39, 0.29) is 35.1 Å². The van der Waals surface area contributed by atoms with Crippen molar-refractivity contribution in [2.24, 2.45) is 0 Å². The monoisotopic (exact) mass is 301 g/mol. The predicted octanol–water partition coefficient (Wildman–Crippen LogP) is -1.48. The Morgan fingerprint density at radius 2 is 1.73 bits per heavy atom. The molecule has 1 aromatic carbocycles. The Hall–Kier alpha value is 0.280. The molecule has 0 aliphatic rings. The van der Waals surface area contributed by atoms with Crippen molar-refractivity contribution in [1.29, 1.82) is 0 Å². The minimum Gasteiger partial charge on any atom is -0.293 e. The zero-order valence-electron chi connectivity index (χ0n) is 7.97. The first-order valence-corrected chi connectivity index (χ1v) is 6.02. The van der Waals surface area contributed by atoms with Crippen LogP contribution >= 0.6 is 15.9 Å². The van der Waals surface area contributed by atoms with E-state index in [4.69, 9.17) is 4.55 Å². The molecule has 0 fully saturated rings. The number of hydrogen-bond donors (Lipinski definition) is 1. The van der Waals surface area contributed by atoms with E-state index in [1.165, 1.54) is 12.1 Å². The van der Waals surface area contributed by atoms with Crippen molar-refractivity contribution in [1.82, 2.24) is 0 Å². The summed E-state index contributed by atoms with van der Waals surface area (Å²) in [5.74, 6) is -1.51. The molecule has 0 amide bonds. The second kappa shape index (κ2) is 6.12. The van der Waals surface area contributed by atoms with Crippen molar-refractivity contribution in [3.8, 4) is 0 Å². The van der Waals surface area contributed by atoms with E-state index >= 15 is 0 Å². The minimum atomic E-state index is -4.24. The molecule has 0 saturated heterocycles. The average molecular weight is 302 g/mol. The van der Waals surface area contributed by atoms with Gasteiger partial charge in [0.05, 0.1) is 0 Å². The van der Waals surface area contributed by atoms with E-state index in [2.05, 4.69) is 15.9 Å². The first-order chi connectivity index (χ1) is 6.38. The van der Waals surface area contributed by atoms with Gasteiger partial charge in [-0.3, -0.25) is 9.35 Å². The smallest absolute Gasteiger partial charge is 0.293 e. The third kappa shape index (κ3) is 5.79. The van der Waals surface area contributed by atoms with Crippen molar-refractivity contribution in [3.63, 3.8) is 0 Å². The zero-order chi connectivity index (χ0) is 10.8. The number of benzene rings is 1. The van der Waals surface area contributed by atoms with Crippen LogP contribution in [0.1, 0.15) is 10.4 Å².